The number of rotatable bonds is 6. The van der Waals surface area contributed by atoms with Gasteiger partial charge in [-0.3, -0.25) is 4.79 Å². The van der Waals surface area contributed by atoms with Gasteiger partial charge in [0.25, 0.3) is 0 Å². The molecule has 0 radical (unpaired) electrons. The highest BCUT2D eigenvalue weighted by Crippen LogP contribution is 2.55. The normalized spacial score (nSPS) is 24.3. The Morgan fingerprint density at radius 2 is 1.93 bits per heavy atom. The van der Waals surface area contributed by atoms with Gasteiger partial charge in [0.15, 0.2) is 14.1 Å². The average molecular weight is 491 g/mol. The predicted octanol–water partition coefficient (Wildman–Crippen LogP) is 4.23. The van der Waals surface area contributed by atoms with Crippen molar-refractivity contribution in [2.24, 2.45) is 5.41 Å². The molecule has 1 aliphatic heterocycles. The summed E-state index contributed by atoms with van der Waals surface area (Å²) in [7, 11) is -0.760. The first-order chi connectivity index (χ1) is 13.1. The van der Waals surface area contributed by atoms with Gasteiger partial charge in [-0.05, 0) is 46.9 Å². The molecule has 1 aliphatic rings. The van der Waals surface area contributed by atoms with Crippen molar-refractivity contribution in [2.75, 3.05) is 13.7 Å². The Morgan fingerprint density at radius 3 is 2.41 bits per heavy atom. The van der Waals surface area contributed by atoms with Crippen LogP contribution in [0.5, 0.6) is 5.75 Å². The van der Waals surface area contributed by atoms with Crippen molar-refractivity contribution in [2.45, 2.75) is 83.8 Å². The van der Waals surface area contributed by atoms with Gasteiger partial charge >= 0.3 is 0 Å². The molecule has 1 aromatic heterocycles. The SMILES string of the molecule is COc1c2n(cc(Br)c1=O)CC(O)(CCCO)C(C)(C)C2O[Si](C)(C)C(C)(C)C. The van der Waals surface area contributed by atoms with E-state index in [-0.39, 0.29) is 22.8 Å². The third kappa shape index (κ3) is 4.24. The number of methoxy groups -OCH3 is 1. The van der Waals surface area contributed by atoms with E-state index in [1.807, 2.05) is 18.4 Å². The molecule has 0 aliphatic carbocycles. The number of aromatic nitrogens is 1. The van der Waals surface area contributed by atoms with Crippen molar-refractivity contribution in [1.29, 1.82) is 0 Å². The first-order valence-electron chi connectivity index (χ1n) is 10.1. The molecule has 8 heteroatoms. The maximum absolute atomic E-state index is 12.8. The van der Waals surface area contributed by atoms with Gasteiger partial charge in [-0.1, -0.05) is 34.6 Å². The summed E-state index contributed by atoms with van der Waals surface area (Å²) in [6.07, 6.45) is 2.10. The van der Waals surface area contributed by atoms with Crippen LogP contribution in [0.3, 0.4) is 0 Å². The molecule has 2 rings (SSSR count). The molecular formula is C21H36BrNO5Si. The first kappa shape index (κ1) is 24.6. The number of hydrogen-bond acceptors (Lipinski definition) is 5. The molecule has 0 bridgehead atoms. The van der Waals surface area contributed by atoms with Crippen LogP contribution in [0.2, 0.25) is 18.1 Å². The van der Waals surface area contributed by atoms with E-state index < -0.39 is 25.4 Å². The number of ether oxygens (including phenoxy) is 1. The molecule has 2 heterocycles. The van der Waals surface area contributed by atoms with E-state index in [4.69, 9.17) is 9.16 Å². The summed E-state index contributed by atoms with van der Waals surface area (Å²) < 4.78 is 14.7. The predicted molar refractivity (Wildman–Crippen MR) is 121 cm³/mol. The van der Waals surface area contributed by atoms with Gasteiger partial charge in [0.05, 0.1) is 35.5 Å². The van der Waals surface area contributed by atoms with Crippen molar-refractivity contribution in [3.8, 4) is 5.75 Å². The maximum atomic E-state index is 12.8. The maximum Gasteiger partial charge on any atom is 0.237 e. The van der Waals surface area contributed by atoms with Gasteiger partial charge in [0.1, 0.15) is 0 Å². The second-order valence-corrected chi connectivity index (χ2v) is 15.8. The highest BCUT2D eigenvalue weighted by atomic mass is 79.9. The minimum absolute atomic E-state index is 0.0101. The number of hydrogen-bond donors (Lipinski definition) is 2. The monoisotopic (exact) mass is 489 g/mol. The lowest BCUT2D eigenvalue weighted by Crippen LogP contribution is -2.58. The fourth-order valence-corrected chi connectivity index (χ4v) is 5.51. The molecule has 0 aromatic carbocycles. The van der Waals surface area contributed by atoms with Crippen LogP contribution in [-0.4, -0.2) is 42.4 Å². The van der Waals surface area contributed by atoms with Gasteiger partial charge < -0.3 is 23.9 Å². The van der Waals surface area contributed by atoms with E-state index in [0.717, 1.165) is 0 Å². The van der Waals surface area contributed by atoms with Gasteiger partial charge in [0.2, 0.25) is 5.43 Å². The Morgan fingerprint density at radius 1 is 1.34 bits per heavy atom. The quantitative estimate of drug-likeness (QED) is 0.584. The summed E-state index contributed by atoms with van der Waals surface area (Å²) in [6.45, 7) is 15.1. The fraction of sp³-hybridized carbons (Fsp3) is 0.762. The Bertz CT molecular complexity index is 815. The molecule has 0 saturated heterocycles. The summed E-state index contributed by atoms with van der Waals surface area (Å²) in [5.74, 6) is 0.250. The fourth-order valence-electron chi connectivity index (χ4n) is 3.74. The van der Waals surface area contributed by atoms with Crippen LogP contribution in [0.15, 0.2) is 15.5 Å². The lowest BCUT2D eigenvalue weighted by molar-refractivity contribution is -0.157. The summed E-state index contributed by atoms with van der Waals surface area (Å²) in [5, 5.41) is 21.1. The van der Waals surface area contributed by atoms with Gasteiger partial charge in [-0.15, -0.1) is 0 Å². The highest BCUT2D eigenvalue weighted by Gasteiger charge is 2.56. The molecule has 2 unspecified atom stereocenters. The van der Waals surface area contributed by atoms with Crippen molar-refractivity contribution in [3.05, 3.63) is 26.6 Å². The van der Waals surface area contributed by atoms with Crippen LogP contribution in [0.1, 0.15) is 59.3 Å². The molecule has 0 saturated carbocycles. The number of aliphatic hydroxyl groups excluding tert-OH is 1. The number of fused-ring (bicyclic) bond motifs is 1. The van der Waals surface area contributed by atoms with E-state index in [0.29, 0.717) is 29.6 Å². The third-order valence-electron chi connectivity index (χ3n) is 6.94. The molecule has 166 valence electrons. The summed E-state index contributed by atoms with van der Waals surface area (Å²) >= 11 is 3.33. The summed E-state index contributed by atoms with van der Waals surface area (Å²) in [4.78, 5) is 12.8. The molecule has 6 nitrogen and oxygen atoms in total. The number of pyridine rings is 1. The van der Waals surface area contributed by atoms with Crippen LogP contribution in [0.4, 0.5) is 0 Å². The molecule has 0 fully saturated rings. The molecule has 2 atom stereocenters. The second-order valence-electron chi connectivity index (χ2n) is 10.2. The zero-order chi connectivity index (χ0) is 22.4. The van der Waals surface area contributed by atoms with Crippen LogP contribution < -0.4 is 10.2 Å². The zero-order valence-electron chi connectivity index (χ0n) is 18.9. The Balaban J connectivity index is 2.77. The zero-order valence-corrected chi connectivity index (χ0v) is 21.5. The van der Waals surface area contributed by atoms with Crippen LogP contribution in [-0.2, 0) is 11.0 Å². The van der Waals surface area contributed by atoms with Crippen LogP contribution >= 0.6 is 15.9 Å². The molecule has 0 amide bonds. The first-order valence-corrected chi connectivity index (χ1v) is 13.8. The van der Waals surface area contributed by atoms with Gasteiger partial charge in [-0.2, -0.15) is 0 Å². The molecule has 1 aromatic rings. The third-order valence-corrected chi connectivity index (χ3v) is 11.9. The van der Waals surface area contributed by atoms with Crippen LogP contribution in [0.25, 0.3) is 0 Å². The van der Waals surface area contributed by atoms with E-state index >= 15 is 0 Å². The van der Waals surface area contributed by atoms with Gasteiger partial charge in [-0.25, -0.2) is 0 Å². The number of halogens is 1. The highest BCUT2D eigenvalue weighted by molar-refractivity contribution is 9.10. The topological polar surface area (TPSA) is 80.9 Å². The standard InChI is InChI=1S/C21H36BrNO5Si/c1-19(2,3)29(7,8)28-18-15-17(27-6)16(25)14(22)12-23(15)13-21(26,10-9-11-24)20(18,4)5/h12,18,24,26H,9-11,13H2,1-8H3. The van der Waals surface area contributed by atoms with E-state index in [1.54, 1.807) is 6.20 Å². The Labute approximate surface area is 183 Å². The number of aliphatic hydroxyl groups is 2. The minimum atomic E-state index is -2.25. The summed E-state index contributed by atoms with van der Waals surface area (Å²) in [5.41, 5.74) is -1.37. The largest absolute Gasteiger partial charge is 0.491 e. The number of nitrogens with zero attached hydrogens (tertiary/aromatic N) is 1. The van der Waals surface area contributed by atoms with E-state index in [2.05, 4.69) is 49.8 Å². The van der Waals surface area contributed by atoms with E-state index in [9.17, 15) is 15.0 Å². The smallest absolute Gasteiger partial charge is 0.237 e. The Kier molecular flexibility index (Phi) is 6.88. The van der Waals surface area contributed by atoms with Crippen LogP contribution in [0, 0.1) is 5.41 Å². The molecule has 29 heavy (non-hydrogen) atoms. The van der Waals surface area contributed by atoms with Crippen molar-refractivity contribution >= 4 is 24.2 Å². The Hall–Kier alpha value is -0.673. The average Bonchev–Trinajstić information content (AvgIpc) is 2.58. The molecule has 2 N–H and O–H groups in total. The molecular weight excluding hydrogens is 454 g/mol. The molecule has 0 spiro atoms. The van der Waals surface area contributed by atoms with Gasteiger partial charge in [0, 0.05) is 18.2 Å². The second kappa shape index (κ2) is 8.11. The van der Waals surface area contributed by atoms with Crippen molar-refractivity contribution in [3.63, 3.8) is 0 Å². The van der Waals surface area contributed by atoms with E-state index in [1.165, 1.54) is 7.11 Å². The van der Waals surface area contributed by atoms with Crippen molar-refractivity contribution < 1.29 is 19.4 Å². The summed E-state index contributed by atoms with van der Waals surface area (Å²) in [6, 6.07) is 0. The van der Waals surface area contributed by atoms with Crippen molar-refractivity contribution in [1.82, 2.24) is 4.57 Å². The minimum Gasteiger partial charge on any atom is -0.491 e. The lowest BCUT2D eigenvalue weighted by atomic mass is 9.65. The lowest BCUT2D eigenvalue weighted by Gasteiger charge is -2.55.